The minimum atomic E-state index is -4.42. The van der Waals surface area contributed by atoms with Crippen molar-refractivity contribution in [3.63, 3.8) is 0 Å². The number of methoxy groups -OCH3 is 1. The maximum absolute atomic E-state index is 12.5. The summed E-state index contributed by atoms with van der Waals surface area (Å²) in [6, 6.07) is 0.202. The predicted octanol–water partition coefficient (Wildman–Crippen LogP) is 1.95. The van der Waals surface area contributed by atoms with Crippen LogP contribution in [0.25, 0.3) is 0 Å². The average molecular weight is 306 g/mol. The summed E-state index contributed by atoms with van der Waals surface area (Å²) >= 11 is 0. The molecule has 0 saturated carbocycles. The van der Waals surface area contributed by atoms with Crippen molar-refractivity contribution in [3.05, 3.63) is 18.0 Å². The first-order valence-corrected chi connectivity index (χ1v) is 6.72. The van der Waals surface area contributed by atoms with Crippen molar-refractivity contribution in [2.75, 3.05) is 38.8 Å². The van der Waals surface area contributed by atoms with Crippen LogP contribution in [0.4, 0.5) is 19.1 Å². The molecule has 1 aromatic rings. The van der Waals surface area contributed by atoms with Crippen molar-refractivity contribution in [1.82, 2.24) is 15.3 Å². The molecule has 0 fully saturated rings. The number of anilines is 1. The zero-order valence-electron chi connectivity index (χ0n) is 12.4. The predicted molar refractivity (Wildman–Crippen MR) is 74.3 cm³/mol. The third-order valence-electron chi connectivity index (χ3n) is 3.16. The van der Waals surface area contributed by atoms with E-state index in [-0.39, 0.29) is 12.0 Å². The number of hydrogen-bond donors (Lipinski definition) is 1. The second-order valence-corrected chi connectivity index (χ2v) is 4.60. The zero-order valence-corrected chi connectivity index (χ0v) is 12.4. The number of rotatable bonds is 8. The van der Waals surface area contributed by atoms with E-state index in [0.717, 1.165) is 18.8 Å². The molecule has 1 N–H and O–H groups in total. The fraction of sp³-hybridized carbons (Fsp3) is 0.692. The fourth-order valence-corrected chi connectivity index (χ4v) is 1.80. The van der Waals surface area contributed by atoms with Gasteiger partial charge in [-0.05, 0) is 13.5 Å². The van der Waals surface area contributed by atoms with E-state index in [9.17, 15) is 13.2 Å². The van der Waals surface area contributed by atoms with E-state index in [0.29, 0.717) is 19.7 Å². The van der Waals surface area contributed by atoms with Gasteiger partial charge in [0.25, 0.3) is 0 Å². The van der Waals surface area contributed by atoms with Gasteiger partial charge in [-0.2, -0.15) is 13.2 Å². The van der Waals surface area contributed by atoms with Gasteiger partial charge in [0.15, 0.2) is 0 Å². The molecule has 1 aromatic heterocycles. The molecular weight excluding hydrogens is 285 g/mol. The van der Waals surface area contributed by atoms with Gasteiger partial charge in [-0.3, -0.25) is 0 Å². The average Bonchev–Trinajstić information content (AvgIpc) is 2.47. The van der Waals surface area contributed by atoms with Gasteiger partial charge in [0, 0.05) is 38.6 Å². The third-order valence-corrected chi connectivity index (χ3v) is 3.16. The molecule has 0 spiro atoms. The highest BCUT2D eigenvalue weighted by Crippen LogP contribution is 2.28. The van der Waals surface area contributed by atoms with Crippen molar-refractivity contribution in [2.45, 2.75) is 25.6 Å². The first-order chi connectivity index (χ1) is 9.92. The Balaban J connectivity index is 2.86. The van der Waals surface area contributed by atoms with Crippen molar-refractivity contribution in [3.8, 4) is 0 Å². The van der Waals surface area contributed by atoms with Crippen molar-refractivity contribution >= 4 is 5.95 Å². The van der Waals surface area contributed by atoms with E-state index in [1.54, 1.807) is 7.11 Å². The maximum atomic E-state index is 12.5. The van der Waals surface area contributed by atoms with Crippen LogP contribution in [0.1, 0.15) is 18.9 Å². The summed E-state index contributed by atoms with van der Waals surface area (Å²) in [6.45, 7) is 3.59. The Morgan fingerprint density at radius 3 is 2.38 bits per heavy atom. The summed E-state index contributed by atoms with van der Waals surface area (Å²) in [4.78, 5) is 9.48. The SMILES string of the molecule is CCC(CN(CCOC)c1ncc(C(F)(F)F)cn1)NC. The Kier molecular flexibility index (Phi) is 6.83. The Bertz CT molecular complexity index is 407. The number of nitrogens with one attached hydrogen (secondary N) is 1. The quantitative estimate of drug-likeness (QED) is 0.795. The standard InChI is InChI=1S/C13H21F3N4O/c1-4-11(17-2)9-20(5-6-21-3)12-18-7-10(8-19-12)13(14,15)16/h7-8,11,17H,4-6,9H2,1-3H3. The summed E-state index contributed by atoms with van der Waals surface area (Å²) in [6.07, 6.45) is -1.92. The van der Waals surface area contributed by atoms with Crippen LogP contribution >= 0.6 is 0 Å². The molecule has 0 amide bonds. The monoisotopic (exact) mass is 306 g/mol. The number of likely N-dealkylation sites (N-methyl/N-ethyl adjacent to an activating group) is 1. The van der Waals surface area contributed by atoms with Crippen molar-refractivity contribution < 1.29 is 17.9 Å². The molecule has 1 rings (SSSR count). The lowest BCUT2D eigenvalue weighted by molar-refractivity contribution is -0.138. The van der Waals surface area contributed by atoms with Crippen LogP contribution in [0.3, 0.4) is 0 Å². The molecule has 1 atom stereocenters. The van der Waals surface area contributed by atoms with E-state index in [2.05, 4.69) is 15.3 Å². The molecule has 5 nitrogen and oxygen atoms in total. The minimum absolute atomic E-state index is 0.202. The molecular formula is C13H21F3N4O. The third kappa shape index (κ3) is 5.47. The number of alkyl halides is 3. The van der Waals surface area contributed by atoms with E-state index in [4.69, 9.17) is 4.74 Å². The van der Waals surface area contributed by atoms with Gasteiger partial charge in [0.05, 0.1) is 12.2 Å². The molecule has 0 aliphatic rings. The second-order valence-electron chi connectivity index (χ2n) is 4.60. The molecule has 0 aliphatic heterocycles. The van der Waals surface area contributed by atoms with Gasteiger partial charge in [-0.1, -0.05) is 6.92 Å². The van der Waals surface area contributed by atoms with Crippen LogP contribution in [0, 0.1) is 0 Å². The lowest BCUT2D eigenvalue weighted by atomic mass is 10.2. The van der Waals surface area contributed by atoms with Crippen LogP contribution in [-0.2, 0) is 10.9 Å². The highest BCUT2D eigenvalue weighted by atomic mass is 19.4. The summed E-state index contributed by atoms with van der Waals surface area (Å²) in [5, 5.41) is 3.15. The van der Waals surface area contributed by atoms with Crippen LogP contribution in [0.15, 0.2) is 12.4 Å². The molecule has 0 saturated heterocycles. The van der Waals surface area contributed by atoms with Gasteiger partial charge >= 0.3 is 6.18 Å². The van der Waals surface area contributed by atoms with E-state index < -0.39 is 11.7 Å². The lowest BCUT2D eigenvalue weighted by Gasteiger charge is -2.26. The van der Waals surface area contributed by atoms with Gasteiger partial charge in [-0.25, -0.2) is 9.97 Å². The van der Waals surface area contributed by atoms with E-state index in [1.807, 2.05) is 18.9 Å². The Hall–Kier alpha value is -1.41. The topological polar surface area (TPSA) is 50.3 Å². The summed E-state index contributed by atoms with van der Waals surface area (Å²) in [5.41, 5.74) is -0.849. The number of ether oxygens (including phenoxy) is 1. The van der Waals surface area contributed by atoms with Gasteiger partial charge in [0.1, 0.15) is 0 Å². The number of aromatic nitrogens is 2. The van der Waals surface area contributed by atoms with Crippen LogP contribution in [0.5, 0.6) is 0 Å². The fourth-order valence-electron chi connectivity index (χ4n) is 1.80. The number of hydrogen-bond acceptors (Lipinski definition) is 5. The summed E-state index contributed by atoms with van der Waals surface area (Å²) in [5.74, 6) is 0.272. The molecule has 8 heteroatoms. The largest absolute Gasteiger partial charge is 0.419 e. The second kappa shape index (κ2) is 8.14. The van der Waals surface area contributed by atoms with Gasteiger partial charge in [0.2, 0.25) is 5.95 Å². The smallest absolute Gasteiger partial charge is 0.383 e. The van der Waals surface area contributed by atoms with E-state index in [1.165, 1.54) is 0 Å². The first kappa shape index (κ1) is 17.6. The van der Waals surface area contributed by atoms with Crippen LogP contribution in [-0.4, -0.2) is 49.9 Å². The molecule has 0 bridgehead atoms. The Morgan fingerprint density at radius 2 is 1.95 bits per heavy atom. The van der Waals surface area contributed by atoms with Gasteiger partial charge < -0.3 is 15.0 Å². The van der Waals surface area contributed by atoms with Crippen molar-refractivity contribution in [1.29, 1.82) is 0 Å². The number of halogens is 3. The molecule has 120 valence electrons. The molecule has 0 radical (unpaired) electrons. The first-order valence-electron chi connectivity index (χ1n) is 6.72. The molecule has 0 aromatic carbocycles. The zero-order chi connectivity index (χ0) is 15.9. The summed E-state index contributed by atoms with van der Waals surface area (Å²) < 4.78 is 42.6. The van der Waals surface area contributed by atoms with Crippen LogP contribution < -0.4 is 10.2 Å². The van der Waals surface area contributed by atoms with Gasteiger partial charge in [-0.15, -0.1) is 0 Å². The van der Waals surface area contributed by atoms with Crippen LogP contribution in [0.2, 0.25) is 0 Å². The van der Waals surface area contributed by atoms with Crippen molar-refractivity contribution in [2.24, 2.45) is 0 Å². The molecule has 1 heterocycles. The van der Waals surface area contributed by atoms with E-state index >= 15 is 0 Å². The maximum Gasteiger partial charge on any atom is 0.419 e. The molecule has 0 aliphatic carbocycles. The Morgan fingerprint density at radius 1 is 1.33 bits per heavy atom. The highest BCUT2D eigenvalue weighted by molar-refractivity contribution is 5.30. The molecule has 21 heavy (non-hydrogen) atoms. The lowest BCUT2D eigenvalue weighted by Crippen LogP contribution is -2.41. The highest BCUT2D eigenvalue weighted by Gasteiger charge is 2.31. The normalized spacial score (nSPS) is 13.2. The number of nitrogens with zero attached hydrogens (tertiary/aromatic N) is 3. The molecule has 1 unspecified atom stereocenters. The Labute approximate surface area is 122 Å². The minimum Gasteiger partial charge on any atom is -0.383 e. The summed E-state index contributed by atoms with van der Waals surface area (Å²) in [7, 11) is 3.41.